The van der Waals surface area contributed by atoms with Gasteiger partial charge in [0.2, 0.25) is 0 Å². The highest BCUT2D eigenvalue weighted by Gasteiger charge is 2.01. The maximum atomic E-state index is 3.20. The molecule has 0 fully saturated rings. The van der Waals surface area contributed by atoms with Crippen LogP contribution >= 0.6 is 0 Å². The lowest BCUT2D eigenvalue weighted by Crippen LogP contribution is -2.06. The van der Waals surface area contributed by atoms with Crippen LogP contribution in [0.4, 0.5) is 0 Å². The van der Waals surface area contributed by atoms with E-state index in [1.165, 1.54) is 22.3 Å². The van der Waals surface area contributed by atoms with Gasteiger partial charge in [-0.25, -0.2) is 0 Å². The summed E-state index contributed by atoms with van der Waals surface area (Å²) in [6.45, 7) is 3.08. The van der Waals surface area contributed by atoms with E-state index in [0.29, 0.717) is 0 Å². The van der Waals surface area contributed by atoms with E-state index in [1.807, 2.05) is 13.1 Å². The first kappa shape index (κ1) is 10.9. The van der Waals surface area contributed by atoms with Crippen molar-refractivity contribution in [1.82, 2.24) is 5.32 Å². The molecule has 82 valence electrons. The zero-order valence-electron chi connectivity index (χ0n) is 9.83. The number of rotatable bonds is 3. The Morgan fingerprint density at radius 3 is 2.38 bits per heavy atom. The number of hydrogen-bond donors (Lipinski definition) is 1. The van der Waals surface area contributed by atoms with Gasteiger partial charge < -0.3 is 5.32 Å². The monoisotopic (exact) mass is 211 g/mol. The molecule has 0 atom stereocenters. The summed E-state index contributed by atoms with van der Waals surface area (Å²) in [6.07, 6.45) is 0. The number of aryl methyl sites for hydroxylation is 1. The molecule has 0 aliphatic heterocycles. The predicted octanol–water partition coefficient (Wildman–Crippen LogP) is 3.38. The summed E-state index contributed by atoms with van der Waals surface area (Å²) in [5.41, 5.74) is 5.27. The molecule has 2 aromatic rings. The van der Waals surface area contributed by atoms with Gasteiger partial charge in [0, 0.05) is 6.54 Å². The molecule has 0 bridgehead atoms. The van der Waals surface area contributed by atoms with Gasteiger partial charge in [-0.1, -0.05) is 42.5 Å². The van der Waals surface area contributed by atoms with Crippen molar-refractivity contribution in [3.8, 4) is 11.1 Å². The minimum atomic E-state index is 0.923. The molecule has 0 spiro atoms. The predicted molar refractivity (Wildman–Crippen MR) is 69.4 cm³/mol. The molecular weight excluding hydrogens is 194 g/mol. The third kappa shape index (κ3) is 2.31. The molecule has 16 heavy (non-hydrogen) atoms. The Labute approximate surface area is 97.1 Å². The Kier molecular flexibility index (Phi) is 3.37. The van der Waals surface area contributed by atoms with Crippen LogP contribution in [0.25, 0.3) is 11.1 Å². The Morgan fingerprint density at radius 2 is 1.69 bits per heavy atom. The van der Waals surface area contributed by atoms with Crippen molar-refractivity contribution in [2.24, 2.45) is 0 Å². The van der Waals surface area contributed by atoms with Gasteiger partial charge in [0.15, 0.2) is 0 Å². The highest BCUT2D eigenvalue weighted by molar-refractivity contribution is 5.64. The van der Waals surface area contributed by atoms with Crippen LogP contribution in [-0.4, -0.2) is 7.05 Å². The number of hydrogen-bond acceptors (Lipinski definition) is 1. The molecule has 0 amide bonds. The maximum absolute atomic E-state index is 3.20. The molecule has 1 heteroatoms. The molecule has 0 heterocycles. The Hall–Kier alpha value is -1.60. The average molecular weight is 211 g/mol. The standard InChI is InChI=1S/C15H17N/c1-12-8-9-14(10-15(12)11-16-2)13-6-4-3-5-7-13/h3-10,16H,11H2,1-2H3. The molecule has 0 saturated carbocycles. The van der Waals surface area contributed by atoms with E-state index in [9.17, 15) is 0 Å². The summed E-state index contributed by atoms with van der Waals surface area (Å²) in [7, 11) is 1.98. The Morgan fingerprint density at radius 1 is 0.938 bits per heavy atom. The zero-order valence-corrected chi connectivity index (χ0v) is 9.83. The fourth-order valence-corrected chi connectivity index (χ4v) is 1.86. The lowest BCUT2D eigenvalue weighted by molar-refractivity contribution is 0.812. The second kappa shape index (κ2) is 4.95. The molecule has 1 nitrogen and oxygen atoms in total. The van der Waals surface area contributed by atoms with E-state index < -0.39 is 0 Å². The van der Waals surface area contributed by atoms with E-state index in [0.717, 1.165) is 6.54 Å². The Balaban J connectivity index is 2.40. The first-order valence-electron chi connectivity index (χ1n) is 5.61. The molecule has 0 aromatic heterocycles. The topological polar surface area (TPSA) is 12.0 Å². The average Bonchev–Trinajstić information content (AvgIpc) is 2.33. The van der Waals surface area contributed by atoms with Gasteiger partial charge in [-0.15, -0.1) is 0 Å². The molecule has 0 saturated heterocycles. The second-order valence-electron chi connectivity index (χ2n) is 4.04. The largest absolute Gasteiger partial charge is 0.316 e. The van der Waals surface area contributed by atoms with E-state index in [-0.39, 0.29) is 0 Å². The molecule has 0 aliphatic rings. The van der Waals surface area contributed by atoms with Crippen LogP contribution in [0.5, 0.6) is 0 Å². The smallest absolute Gasteiger partial charge is 0.0205 e. The highest BCUT2D eigenvalue weighted by Crippen LogP contribution is 2.21. The summed E-state index contributed by atoms with van der Waals surface area (Å²) < 4.78 is 0. The van der Waals surface area contributed by atoms with Crippen LogP contribution in [0.1, 0.15) is 11.1 Å². The minimum Gasteiger partial charge on any atom is -0.316 e. The summed E-state index contributed by atoms with van der Waals surface area (Å²) in [5, 5.41) is 3.20. The van der Waals surface area contributed by atoms with Gasteiger partial charge in [-0.3, -0.25) is 0 Å². The van der Waals surface area contributed by atoms with Gasteiger partial charge >= 0.3 is 0 Å². The SMILES string of the molecule is CNCc1cc(-c2ccccc2)ccc1C. The van der Waals surface area contributed by atoms with E-state index in [1.54, 1.807) is 0 Å². The van der Waals surface area contributed by atoms with Gasteiger partial charge in [0.1, 0.15) is 0 Å². The fourth-order valence-electron chi connectivity index (χ4n) is 1.86. The van der Waals surface area contributed by atoms with E-state index in [2.05, 4.69) is 54.7 Å². The van der Waals surface area contributed by atoms with Gasteiger partial charge in [-0.2, -0.15) is 0 Å². The van der Waals surface area contributed by atoms with Gasteiger partial charge in [-0.05, 0) is 42.3 Å². The summed E-state index contributed by atoms with van der Waals surface area (Å²) in [5.74, 6) is 0. The number of nitrogens with one attached hydrogen (secondary N) is 1. The van der Waals surface area contributed by atoms with Crippen LogP contribution in [0, 0.1) is 6.92 Å². The maximum Gasteiger partial charge on any atom is 0.0205 e. The van der Waals surface area contributed by atoms with E-state index >= 15 is 0 Å². The molecule has 1 N–H and O–H groups in total. The lowest BCUT2D eigenvalue weighted by Gasteiger charge is -2.08. The second-order valence-corrected chi connectivity index (χ2v) is 4.04. The van der Waals surface area contributed by atoms with Crippen LogP contribution in [0.2, 0.25) is 0 Å². The fraction of sp³-hybridized carbons (Fsp3) is 0.200. The summed E-state index contributed by atoms with van der Waals surface area (Å²) in [4.78, 5) is 0. The first-order chi connectivity index (χ1) is 7.81. The van der Waals surface area contributed by atoms with Crippen molar-refractivity contribution in [1.29, 1.82) is 0 Å². The normalized spacial score (nSPS) is 10.4. The van der Waals surface area contributed by atoms with Crippen molar-refractivity contribution in [3.05, 3.63) is 59.7 Å². The van der Waals surface area contributed by atoms with Crippen molar-refractivity contribution >= 4 is 0 Å². The number of benzene rings is 2. The summed E-state index contributed by atoms with van der Waals surface area (Å²) >= 11 is 0. The van der Waals surface area contributed by atoms with Gasteiger partial charge in [0.05, 0.1) is 0 Å². The van der Waals surface area contributed by atoms with Crippen molar-refractivity contribution < 1.29 is 0 Å². The van der Waals surface area contributed by atoms with Crippen LogP contribution < -0.4 is 5.32 Å². The van der Waals surface area contributed by atoms with Crippen LogP contribution in [0.3, 0.4) is 0 Å². The molecular formula is C15H17N. The van der Waals surface area contributed by atoms with Crippen molar-refractivity contribution in [2.45, 2.75) is 13.5 Å². The Bertz CT molecular complexity index is 460. The van der Waals surface area contributed by atoms with Crippen molar-refractivity contribution in [2.75, 3.05) is 7.05 Å². The first-order valence-corrected chi connectivity index (χ1v) is 5.61. The zero-order chi connectivity index (χ0) is 11.4. The van der Waals surface area contributed by atoms with Crippen LogP contribution in [0.15, 0.2) is 48.5 Å². The third-order valence-corrected chi connectivity index (χ3v) is 2.82. The molecule has 2 aromatic carbocycles. The lowest BCUT2D eigenvalue weighted by atomic mass is 10.00. The molecule has 0 radical (unpaired) electrons. The summed E-state index contributed by atoms with van der Waals surface area (Å²) in [6, 6.07) is 17.1. The molecule has 0 unspecified atom stereocenters. The molecule has 2 rings (SSSR count). The quantitative estimate of drug-likeness (QED) is 0.820. The molecule has 0 aliphatic carbocycles. The highest BCUT2D eigenvalue weighted by atomic mass is 14.8. The van der Waals surface area contributed by atoms with E-state index in [4.69, 9.17) is 0 Å². The third-order valence-electron chi connectivity index (χ3n) is 2.82. The van der Waals surface area contributed by atoms with Crippen molar-refractivity contribution in [3.63, 3.8) is 0 Å². The minimum absolute atomic E-state index is 0.923. The van der Waals surface area contributed by atoms with Gasteiger partial charge in [0.25, 0.3) is 0 Å². The van der Waals surface area contributed by atoms with Crippen LogP contribution in [-0.2, 0) is 6.54 Å².